The molecule has 3 amide bonds. The van der Waals surface area contributed by atoms with Gasteiger partial charge in [-0.3, -0.25) is 14.5 Å². The molecule has 11 heteroatoms. The summed E-state index contributed by atoms with van der Waals surface area (Å²) in [4.78, 5) is 40.7. The zero-order valence-electron chi connectivity index (χ0n) is 17.0. The van der Waals surface area contributed by atoms with Crippen molar-refractivity contribution in [2.45, 2.75) is 31.0 Å². The molecule has 2 aromatic rings. The Morgan fingerprint density at radius 2 is 2.12 bits per heavy atom. The standard InChI is InChI=1S/C21H21ClN4O5S/c22-18-6-5-17(32-18)20(28)24-9-16-14-10-30-15-8-11(25-7-1-2-13(25)19(23)27)3-4-12(15)26(14)21(29)31-16/h3-6,8,13-14,16H,1-2,7,9-10H2,(H2,23,27)(H,24,28)/t13-,14-,16-/m0/s1. The first-order valence-electron chi connectivity index (χ1n) is 10.3. The molecule has 2 saturated heterocycles. The summed E-state index contributed by atoms with van der Waals surface area (Å²) in [7, 11) is 0. The molecule has 4 heterocycles. The van der Waals surface area contributed by atoms with Crippen LogP contribution in [0.25, 0.3) is 0 Å². The number of rotatable bonds is 5. The monoisotopic (exact) mass is 476 g/mol. The Morgan fingerprint density at radius 3 is 2.88 bits per heavy atom. The summed E-state index contributed by atoms with van der Waals surface area (Å²) in [6.45, 7) is 1.12. The average Bonchev–Trinajstić information content (AvgIpc) is 3.50. The van der Waals surface area contributed by atoms with Crippen molar-refractivity contribution in [2.75, 3.05) is 29.5 Å². The number of amides is 3. The second-order valence-corrected chi connectivity index (χ2v) is 9.61. The van der Waals surface area contributed by atoms with Gasteiger partial charge in [0, 0.05) is 18.3 Å². The van der Waals surface area contributed by atoms with E-state index in [0.29, 0.717) is 20.7 Å². The first-order chi connectivity index (χ1) is 15.4. The highest BCUT2D eigenvalue weighted by molar-refractivity contribution is 7.18. The van der Waals surface area contributed by atoms with E-state index < -0.39 is 12.2 Å². The third-order valence-corrected chi connectivity index (χ3v) is 7.23. The van der Waals surface area contributed by atoms with Crippen molar-refractivity contribution in [3.8, 4) is 5.75 Å². The zero-order valence-corrected chi connectivity index (χ0v) is 18.5. The molecule has 3 aliphatic rings. The highest BCUT2D eigenvalue weighted by atomic mass is 35.5. The van der Waals surface area contributed by atoms with Gasteiger partial charge in [-0.1, -0.05) is 11.6 Å². The minimum atomic E-state index is -0.549. The molecule has 32 heavy (non-hydrogen) atoms. The molecule has 5 rings (SSSR count). The van der Waals surface area contributed by atoms with Gasteiger partial charge in [0.25, 0.3) is 5.91 Å². The molecule has 0 spiro atoms. The van der Waals surface area contributed by atoms with Crippen LogP contribution in [0.1, 0.15) is 22.5 Å². The van der Waals surface area contributed by atoms with Gasteiger partial charge in [-0.25, -0.2) is 4.79 Å². The number of primary amides is 1. The summed E-state index contributed by atoms with van der Waals surface area (Å²) in [5, 5.41) is 2.80. The Morgan fingerprint density at radius 1 is 1.28 bits per heavy atom. The van der Waals surface area contributed by atoms with Gasteiger partial charge in [0.15, 0.2) is 0 Å². The van der Waals surface area contributed by atoms with Crippen LogP contribution < -0.4 is 25.6 Å². The minimum Gasteiger partial charge on any atom is -0.489 e. The number of cyclic esters (lactones) is 1. The number of thiophene rings is 1. The number of nitrogens with zero attached hydrogens (tertiary/aromatic N) is 2. The fraction of sp³-hybridized carbons (Fsp3) is 0.381. The fourth-order valence-corrected chi connectivity index (χ4v) is 5.42. The SMILES string of the molecule is NC(=O)[C@@H]1CCCN1c1ccc2c(c1)OC[C@H]1[C@H](CNC(=O)c3ccc(Cl)s3)OC(=O)N21. The summed E-state index contributed by atoms with van der Waals surface area (Å²) in [6.07, 6.45) is 0.574. The van der Waals surface area contributed by atoms with E-state index in [2.05, 4.69) is 5.32 Å². The molecule has 0 radical (unpaired) electrons. The van der Waals surface area contributed by atoms with E-state index in [4.69, 9.17) is 26.8 Å². The second kappa shape index (κ2) is 8.18. The molecule has 168 valence electrons. The Kier molecular flexibility index (Phi) is 5.34. The van der Waals surface area contributed by atoms with Crippen LogP contribution >= 0.6 is 22.9 Å². The summed E-state index contributed by atoms with van der Waals surface area (Å²) < 4.78 is 12.0. The highest BCUT2D eigenvalue weighted by Crippen LogP contribution is 2.41. The van der Waals surface area contributed by atoms with Crippen molar-refractivity contribution in [1.82, 2.24) is 5.32 Å². The molecular weight excluding hydrogens is 456 g/mol. The lowest BCUT2D eigenvalue weighted by Gasteiger charge is -2.32. The van der Waals surface area contributed by atoms with Gasteiger partial charge in [-0.15, -0.1) is 11.3 Å². The maximum Gasteiger partial charge on any atom is 0.415 e. The van der Waals surface area contributed by atoms with Gasteiger partial charge in [0.1, 0.15) is 30.5 Å². The Bertz CT molecular complexity index is 1090. The number of benzene rings is 1. The number of hydrogen-bond donors (Lipinski definition) is 2. The largest absolute Gasteiger partial charge is 0.489 e. The van der Waals surface area contributed by atoms with Crippen LogP contribution in [0, 0.1) is 0 Å². The topological polar surface area (TPSA) is 114 Å². The number of nitrogens with two attached hydrogens (primary N) is 1. The van der Waals surface area contributed by atoms with Gasteiger partial charge in [-0.2, -0.15) is 0 Å². The van der Waals surface area contributed by atoms with Crippen molar-refractivity contribution in [3.63, 3.8) is 0 Å². The molecule has 3 N–H and O–H groups in total. The number of fused-ring (bicyclic) bond motifs is 3. The lowest BCUT2D eigenvalue weighted by molar-refractivity contribution is -0.119. The molecule has 1 aromatic heterocycles. The third kappa shape index (κ3) is 3.63. The minimum absolute atomic E-state index is 0.159. The van der Waals surface area contributed by atoms with E-state index in [0.717, 1.165) is 25.1 Å². The maximum atomic E-state index is 12.6. The molecule has 0 saturated carbocycles. The predicted molar refractivity (Wildman–Crippen MR) is 120 cm³/mol. The van der Waals surface area contributed by atoms with Crippen molar-refractivity contribution in [3.05, 3.63) is 39.5 Å². The van der Waals surface area contributed by atoms with Crippen LogP contribution in [0.3, 0.4) is 0 Å². The normalized spacial score (nSPS) is 23.9. The number of carbonyl (C=O) groups is 3. The van der Waals surface area contributed by atoms with Crippen molar-refractivity contribution in [1.29, 1.82) is 0 Å². The Balaban J connectivity index is 1.31. The van der Waals surface area contributed by atoms with Crippen molar-refractivity contribution >= 4 is 52.2 Å². The lowest BCUT2D eigenvalue weighted by atomic mass is 10.1. The molecule has 9 nitrogen and oxygen atoms in total. The van der Waals surface area contributed by atoms with E-state index in [-0.39, 0.29) is 37.0 Å². The van der Waals surface area contributed by atoms with E-state index in [1.165, 1.54) is 11.3 Å². The fourth-order valence-electron chi connectivity index (χ4n) is 4.46. The number of carbonyl (C=O) groups excluding carboxylic acids is 3. The molecule has 3 atom stereocenters. The first-order valence-corrected chi connectivity index (χ1v) is 11.5. The van der Waals surface area contributed by atoms with Gasteiger partial charge in [0.05, 0.1) is 21.4 Å². The summed E-state index contributed by atoms with van der Waals surface area (Å²) >= 11 is 7.07. The molecule has 0 aliphatic carbocycles. The molecular formula is C21H21ClN4O5S. The number of hydrogen-bond acceptors (Lipinski definition) is 7. The summed E-state index contributed by atoms with van der Waals surface area (Å²) in [6, 6.07) is 8.08. The molecule has 2 fully saturated rings. The molecule has 0 unspecified atom stereocenters. The van der Waals surface area contributed by atoms with Crippen LogP contribution in [0.5, 0.6) is 5.75 Å². The van der Waals surface area contributed by atoms with Gasteiger partial charge in [0.2, 0.25) is 5.91 Å². The molecule has 3 aliphatic heterocycles. The lowest BCUT2D eigenvalue weighted by Crippen LogP contribution is -2.48. The van der Waals surface area contributed by atoms with E-state index in [1.807, 2.05) is 17.0 Å². The quantitative estimate of drug-likeness (QED) is 0.684. The number of halogens is 1. The van der Waals surface area contributed by atoms with Crippen LogP contribution in [0.15, 0.2) is 30.3 Å². The third-order valence-electron chi connectivity index (χ3n) is 6.00. The van der Waals surface area contributed by atoms with Gasteiger partial charge < -0.3 is 25.4 Å². The van der Waals surface area contributed by atoms with E-state index in [1.54, 1.807) is 23.1 Å². The predicted octanol–water partition coefficient (Wildman–Crippen LogP) is 2.37. The zero-order chi connectivity index (χ0) is 22.4. The van der Waals surface area contributed by atoms with Crippen LogP contribution in [-0.2, 0) is 9.53 Å². The highest BCUT2D eigenvalue weighted by Gasteiger charge is 2.46. The molecule has 1 aromatic carbocycles. The van der Waals surface area contributed by atoms with Crippen LogP contribution in [-0.4, -0.2) is 55.8 Å². The number of anilines is 2. The Hall–Kier alpha value is -2.98. The van der Waals surface area contributed by atoms with Gasteiger partial charge in [-0.05, 0) is 37.1 Å². The Labute approximate surface area is 193 Å². The van der Waals surface area contributed by atoms with Crippen molar-refractivity contribution in [2.24, 2.45) is 5.73 Å². The summed E-state index contributed by atoms with van der Waals surface area (Å²) in [5.41, 5.74) is 6.97. The van der Waals surface area contributed by atoms with Crippen molar-refractivity contribution < 1.29 is 23.9 Å². The van der Waals surface area contributed by atoms with E-state index in [9.17, 15) is 14.4 Å². The van der Waals surface area contributed by atoms with E-state index >= 15 is 0 Å². The van der Waals surface area contributed by atoms with Crippen LogP contribution in [0.4, 0.5) is 16.2 Å². The van der Waals surface area contributed by atoms with Gasteiger partial charge >= 0.3 is 6.09 Å². The number of ether oxygens (including phenoxy) is 2. The number of nitrogens with one attached hydrogen (secondary N) is 1. The maximum absolute atomic E-state index is 12.6. The summed E-state index contributed by atoms with van der Waals surface area (Å²) in [5.74, 6) is -0.0736. The molecule has 0 bridgehead atoms. The smallest absolute Gasteiger partial charge is 0.415 e. The average molecular weight is 477 g/mol. The van der Waals surface area contributed by atoms with Crippen LogP contribution in [0.2, 0.25) is 4.34 Å². The second-order valence-electron chi connectivity index (χ2n) is 7.89. The first kappa shape index (κ1) is 20.9.